The Bertz CT molecular complexity index is 1280. The molecular formula is C28H32F2N4O5. The molecule has 1 fully saturated rings. The third kappa shape index (κ3) is 6.35. The van der Waals surface area contributed by atoms with Gasteiger partial charge in [-0.3, -0.25) is 9.59 Å². The van der Waals surface area contributed by atoms with E-state index >= 15 is 0 Å². The minimum Gasteiger partial charge on any atom is -0.488 e. The highest BCUT2D eigenvalue weighted by Crippen LogP contribution is 2.38. The van der Waals surface area contributed by atoms with Crippen LogP contribution in [0.4, 0.5) is 13.6 Å². The summed E-state index contributed by atoms with van der Waals surface area (Å²) in [5.74, 6) is -2.75. The van der Waals surface area contributed by atoms with Gasteiger partial charge in [0.2, 0.25) is 5.91 Å². The van der Waals surface area contributed by atoms with Crippen LogP contribution in [0.15, 0.2) is 53.6 Å². The standard InChI is InChI=1S/C28H32F2N4O5/c1-27(2,3)39-26(37)31-21(16-38-22-11-10-19(29)14-20(22)30)24(35)34-13-12-23-28(17-34,25(36)33(4)32-23)15-18-8-6-5-7-9-18/h5-11,14,21H,12-13,15-17H2,1-4H3,(H,31,37)/t21-,28-/m1/s1. The average Bonchev–Trinajstić information content (AvgIpc) is 3.10. The predicted molar refractivity (Wildman–Crippen MR) is 139 cm³/mol. The zero-order valence-electron chi connectivity index (χ0n) is 22.4. The van der Waals surface area contributed by atoms with Gasteiger partial charge >= 0.3 is 6.09 Å². The smallest absolute Gasteiger partial charge is 0.408 e. The minimum absolute atomic E-state index is 0.0418. The molecule has 2 aromatic rings. The summed E-state index contributed by atoms with van der Waals surface area (Å²) in [6.07, 6.45) is -0.151. The Morgan fingerprint density at radius 2 is 1.87 bits per heavy atom. The van der Waals surface area contributed by atoms with Crippen molar-refractivity contribution in [1.29, 1.82) is 0 Å². The van der Waals surface area contributed by atoms with E-state index in [0.717, 1.165) is 17.7 Å². The molecule has 0 unspecified atom stereocenters. The number of nitrogens with one attached hydrogen (secondary N) is 1. The monoisotopic (exact) mass is 542 g/mol. The number of nitrogens with zero attached hydrogens (tertiary/aromatic N) is 3. The second-order valence-electron chi connectivity index (χ2n) is 10.7. The van der Waals surface area contributed by atoms with Crippen LogP contribution in [0.5, 0.6) is 5.75 Å². The number of piperidine rings is 1. The summed E-state index contributed by atoms with van der Waals surface area (Å²) >= 11 is 0. The summed E-state index contributed by atoms with van der Waals surface area (Å²) in [6, 6.07) is 11.0. The highest BCUT2D eigenvalue weighted by Gasteiger charge is 2.54. The SMILES string of the molecule is CN1N=C2CCN(C(=O)[C@@H](COc3ccc(F)cc3F)NC(=O)OC(C)(C)C)C[C@@]2(Cc2ccccc2)C1=O. The zero-order valence-corrected chi connectivity index (χ0v) is 22.4. The number of likely N-dealkylation sites (tertiary alicyclic amines) is 1. The van der Waals surface area contributed by atoms with Gasteiger partial charge in [0.15, 0.2) is 11.6 Å². The van der Waals surface area contributed by atoms with Gasteiger partial charge in [-0.15, -0.1) is 0 Å². The van der Waals surface area contributed by atoms with Gasteiger partial charge in [-0.05, 0) is 44.9 Å². The number of ether oxygens (including phenoxy) is 2. The van der Waals surface area contributed by atoms with Gasteiger partial charge in [0.25, 0.3) is 5.91 Å². The van der Waals surface area contributed by atoms with E-state index in [1.54, 1.807) is 27.8 Å². The van der Waals surface area contributed by atoms with Crippen molar-refractivity contribution in [2.75, 3.05) is 26.7 Å². The first-order valence-electron chi connectivity index (χ1n) is 12.6. The van der Waals surface area contributed by atoms with Crippen molar-refractivity contribution in [3.05, 3.63) is 65.7 Å². The lowest BCUT2D eigenvalue weighted by Crippen LogP contribution is -2.60. The Morgan fingerprint density at radius 1 is 1.15 bits per heavy atom. The summed E-state index contributed by atoms with van der Waals surface area (Å²) in [7, 11) is 1.59. The topological polar surface area (TPSA) is 101 Å². The molecule has 0 saturated carbocycles. The van der Waals surface area contributed by atoms with Crippen LogP contribution in [0.1, 0.15) is 32.8 Å². The zero-order chi connectivity index (χ0) is 28.4. The Labute approximate surface area is 225 Å². The summed E-state index contributed by atoms with van der Waals surface area (Å²) in [4.78, 5) is 41.3. The molecule has 0 spiro atoms. The van der Waals surface area contributed by atoms with Crippen LogP contribution < -0.4 is 10.1 Å². The first-order chi connectivity index (χ1) is 18.4. The van der Waals surface area contributed by atoms with E-state index in [4.69, 9.17) is 9.47 Å². The number of carbonyl (C=O) groups is 3. The van der Waals surface area contributed by atoms with Crippen LogP contribution in [-0.4, -0.2) is 71.9 Å². The molecule has 2 aromatic carbocycles. The highest BCUT2D eigenvalue weighted by molar-refractivity contribution is 6.13. The van der Waals surface area contributed by atoms with E-state index in [-0.39, 0.29) is 24.7 Å². The van der Waals surface area contributed by atoms with E-state index in [1.165, 1.54) is 9.91 Å². The largest absolute Gasteiger partial charge is 0.488 e. The fourth-order valence-electron chi connectivity index (χ4n) is 4.83. The average molecular weight is 543 g/mol. The molecule has 2 aliphatic heterocycles. The molecule has 9 nitrogen and oxygen atoms in total. The van der Waals surface area contributed by atoms with E-state index in [9.17, 15) is 23.2 Å². The number of hydrogen-bond donors (Lipinski definition) is 1. The maximum absolute atomic E-state index is 14.2. The van der Waals surface area contributed by atoms with E-state index < -0.39 is 47.3 Å². The van der Waals surface area contributed by atoms with Gasteiger partial charge in [0.1, 0.15) is 29.5 Å². The third-order valence-electron chi connectivity index (χ3n) is 6.55. The number of halogens is 2. The third-order valence-corrected chi connectivity index (χ3v) is 6.55. The summed E-state index contributed by atoms with van der Waals surface area (Å²) in [5, 5.41) is 8.28. The van der Waals surface area contributed by atoms with Crippen molar-refractivity contribution in [3.63, 3.8) is 0 Å². The second-order valence-corrected chi connectivity index (χ2v) is 10.7. The van der Waals surface area contributed by atoms with Gasteiger partial charge < -0.3 is 19.7 Å². The van der Waals surface area contributed by atoms with E-state index in [2.05, 4.69) is 10.4 Å². The molecule has 4 rings (SSSR count). The lowest BCUT2D eigenvalue weighted by molar-refractivity contribution is -0.141. The van der Waals surface area contributed by atoms with Crippen molar-refractivity contribution in [2.24, 2.45) is 10.5 Å². The summed E-state index contributed by atoms with van der Waals surface area (Å²) in [6.45, 7) is 4.88. The molecule has 2 atom stereocenters. The van der Waals surface area contributed by atoms with Crippen LogP contribution in [-0.2, 0) is 20.7 Å². The van der Waals surface area contributed by atoms with Gasteiger partial charge in [0.05, 0.1) is 5.71 Å². The normalized spacial score (nSPS) is 19.7. The van der Waals surface area contributed by atoms with E-state index in [1.807, 2.05) is 30.3 Å². The molecule has 208 valence electrons. The summed E-state index contributed by atoms with van der Waals surface area (Å²) < 4.78 is 38.3. The Morgan fingerprint density at radius 3 is 2.54 bits per heavy atom. The molecule has 0 aliphatic carbocycles. The minimum atomic E-state index is -1.27. The highest BCUT2D eigenvalue weighted by atomic mass is 19.1. The lowest BCUT2D eigenvalue weighted by Gasteiger charge is -2.40. The maximum atomic E-state index is 14.2. The maximum Gasteiger partial charge on any atom is 0.408 e. The van der Waals surface area contributed by atoms with Gasteiger partial charge in [-0.1, -0.05) is 30.3 Å². The molecular weight excluding hydrogens is 510 g/mol. The van der Waals surface area contributed by atoms with Crippen LogP contribution in [0.25, 0.3) is 0 Å². The number of amides is 3. The quantitative estimate of drug-likeness (QED) is 0.577. The number of hydrazone groups is 1. The van der Waals surface area contributed by atoms with Crippen molar-refractivity contribution in [1.82, 2.24) is 15.2 Å². The molecule has 0 radical (unpaired) electrons. The molecule has 2 aliphatic rings. The molecule has 11 heteroatoms. The number of carbonyl (C=O) groups excluding carboxylic acids is 3. The van der Waals surface area contributed by atoms with Crippen molar-refractivity contribution in [3.8, 4) is 5.75 Å². The van der Waals surface area contributed by atoms with E-state index in [0.29, 0.717) is 24.6 Å². The number of fused-ring (bicyclic) bond motifs is 1. The van der Waals surface area contributed by atoms with Gasteiger partial charge in [-0.2, -0.15) is 5.10 Å². The molecule has 1 saturated heterocycles. The Balaban J connectivity index is 1.58. The first-order valence-corrected chi connectivity index (χ1v) is 12.6. The number of hydrogen-bond acceptors (Lipinski definition) is 6. The molecule has 2 heterocycles. The number of rotatable bonds is 7. The lowest BCUT2D eigenvalue weighted by atomic mass is 9.73. The first kappa shape index (κ1) is 28.0. The molecule has 39 heavy (non-hydrogen) atoms. The molecule has 1 N–H and O–H groups in total. The number of benzene rings is 2. The van der Waals surface area contributed by atoms with Crippen LogP contribution >= 0.6 is 0 Å². The summed E-state index contributed by atoms with van der Waals surface area (Å²) in [5.41, 5.74) is -0.269. The van der Waals surface area contributed by atoms with Crippen molar-refractivity contribution >= 4 is 23.6 Å². The fourth-order valence-corrected chi connectivity index (χ4v) is 4.83. The van der Waals surface area contributed by atoms with Crippen LogP contribution in [0.2, 0.25) is 0 Å². The van der Waals surface area contributed by atoms with Crippen LogP contribution in [0.3, 0.4) is 0 Å². The van der Waals surface area contributed by atoms with Gasteiger partial charge in [-0.25, -0.2) is 18.6 Å². The second kappa shape index (κ2) is 11.0. The van der Waals surface area contributed by atoms with Crippen LogP contribution in [0, 0.1) is 17.0 Å². The predicted octanol–water partition coefficient (Wildman–Crippen LogP) is 3.53. The molecule has 0 bridgehead atoms. The molecule has 3 amide bonds. The van der Waals surface area contributed by atoms with Gasteiger partial charge in [0, 0.05) is 32.6 Å². The fraction of sp³-hybridized carbons (Fsp3) is 0.429. The molecule has 0 aromatic heterocycles. The van der Waals surface area contributed by atoms with Crippen molar-refractivity contribution in [2.45, 2.75) is 45.3 Å². The Kier molecular flexibility index (Phi) is 7.89. The van der Waals surface area contributed by atoms with Crippen molar-refractivity contribution < 1.29 is 32.6 Å². The Hall–Kier alpha value is -4.02. The number of alkyl carbamates (subject to hydrolysis) is 1.